The van der Waals surface area contributed by atoms with Crippen LogP contribution in [0.3, 0.4) is 0 Å². The minimum Gasteiger partial charge on any atom is -0.454 e. The molecule has 0 saturated heterocycles. The Morgan fingerprint density at radius 1 is 1.00 bits per heavy atom. The summed E-state index contributed by atoms with van der Waals surface area (Å²) < 4.78 is 24.1. The lowest BCUT2D eigenvalue weighted by Crippen LogP contribution is -2.14. The molecule has 2 N–H and O–H groups in total. The summed E-state index contributed by atoms with van der Waals surface area (Å²) in [6, 6.07) is 14.3. The molecule has 0 atom stereocenters. The van der Waals surface area contributed by atoms with Crippen LogP contribution in [0.1, 0.15) is 10.5 Å². The normalized spacial score (nSPS) is 11.9. The molecule has 0 radical (unpaired) electrons. The Morgan fingerprint density at radius 2 is 1.85 bits per heavy atom. The number of para-hydroxylation sites is 1. The van der Waals surface area contributed by atoms with Crippen LogP contribution in [0.2, 0.25) is 0 Å². The average molecular weight is 352 g/mol. The second kappa shape index (κ2) is 6.67. The van der Waals surface area contributed by atoms with Crippen LogP contribution < -0.4 is 20.1 Å². The van der Waals surface area contributed by atoms with Crippen molar-refractivity contribution < 1.29 is 18.7 Å². The number of ether oxygens (including phenoxy) is 2. The molecule has 1 amide bonds. The van der Waals surface area contributed by atoms with E-state index in [4.69, 9.17) is 9.47 Å². The van der Waals surface area contributed by atoms with Gasteiger partial charge in [0.25, 0.3) is 5.91 Å². The van der Waals surface area contributed by atoms with Crippen molar-refractivity contribution in [3.05, 3.63) is 66.1 Å². The minimum absolute atomic E-state index is 0.127. The van der Waals surface area contributed by atoms with Crippen molar-refractivity contribution in [2.24, 2.45) is 0 Å². The molecule has 4 rings (SSSR count). The van der Waals surface area contributed by atoms with Crippen LogP contribution in [-0.4, -0.2) is 22.9 Å². The predicted molar refractivity (Wildman–Crippen MR) is 92.2 cm³/mol. The molecule has 130 valence electrons. The van der Waals surface area contributed by atoms with Crippen LogP contribution in [0.5, 0.6) is 11.5 Å². The van der Waals surface area contributed by atoms with Gasteiger partial charge in [0.2, 0.25) is 6.79 Å². The van der Waals surface area contributed by atoms with Crippen LogP contribution in [0.15, 0.2) is 54.6 Å². The fourth-order valence-corrected chi connectivity index (χ4v) is 2.39. The van der Waals surface area contributed by atoms with Crippen molar-refractivity contribution in [1.29, 1.82) is 0 Å². The maximum Gasteiger partial charge on any atom is 0.276 e. The Morgan fingerprint density at radius 3 is 2.65 bits per heavy atom. The summed E-state index contributed by atoms with van der Waals surface area (Å²) in [6.45, 7) is 0.161. The van der Waals surface area contributed by atoms with Crippen LogP contribution in [0, 0.1) is 5.82 Å². The summed E-state index contributed by atoms with van der Waals surface area (Å²) in [7, 11) is 0. The number of halogens is 1. The molecule has 0 spiro atoms. The number of amides is 1. The zero-order valence-electron chi connectivity index (χ0n) is 13.4. The second-order valence-corrected chi connectivity index (χ2v) is 5.43. The van der Waals surface area contributed by atoms with Crippen molar-refractivity contribution in [3.8, 4) is 11.5 Å². The third-order valence-corrected chi connectivity index (χ3v) is 3.66. The third kappa shape index (κ3) is 3.25. The van der Waals surface area contributed by atoms with E-state index < -0.39 is 11.7 Å². The number of hydrogen-bond donors (Lipinski definition) is 2. The van der Waals surface area contributed by atoms with Gasteiger partial charge in [-0.2, -0.15) is 0 Å². The van der Waals surface area contributed by atoms with Crippen LogP contribution in [-0.2, 0) is 0 Å². The Hall–Kier alpha value is -3.68. The standard InChI is InChI=1S/C18H13FN4O3/c19-12-3-1-2-4-13(12)21-17-8-6-14(22-23-17)18(24)20-11-5-7-15-16(9-11)26-10-25-15/h1-9H,10H2,(H,20,24)(H,21,23). The van der Waals surface area contributed by atoms with Gasteiger partial charge in [-0.25, -0.2) is 4.39 Å². The van der Waals surface area contributed by atoms with Gasteiger partial charge in [0.15, 0.2) is 23.0 Å². The van der Waals surface area contributed by atoms with Gasteiger partial charge in [-0.1, -0.05) is 12.1 Å². The molecule has 1 aliphatic heterocycles. The monoisotopic (exact) mass is 352 g/mol. The number of anilines is 3. The van der Waals surface area contributed by atoms with Gasteiger partial charge in [0, 0.05) is 11.8 Å². The van der Waals surface area contributed by atoms with Gasteiger partial charge in [0.05, 0.1) is 5.69 Å². The molecule has 2 aromatic carbocycles. The first kappa shape index (κ1) is 15.8. The van der Waals surface area contributed by atoms with Crippen molar-refractivity contribution in [1.82, 2.24) is 10.2 Å². The van der Waals surface area contributed by atoms with Gasteiger partial charge in [-0.3, -0.25) is 4.79 Å². The van der Waals surface area contributed by atoms with Crippen molar-refractivity contribution in [2.75, 3.05) is 17.4 Å². The van der Waals surface area contributed by atoms with E-state index in [1.54, 1.807) is 42.5 Å². The highest BCUT2D eigenvalue weighted by atomic mass is 19.1. The molecule has 0 unspecified atom stereocenters. The van der Waals surface area contributed by atoms with Gasteiger partial charge >= 0.3 is 0 Å². The Kier molecular flexibility index (Phi) is 4.06. The van der Waals surface area contributed by atoms with Crippen LogP contribution >= 0.6 is 0 Å². The predicted octanol–water partition coefficient (Wildman–Crippen LogP) is 3.34. The summed E-state index contributed by atoms with van der Waals surface area (Å²) in [5, 5.41) is 13.3. The summed E-state index contributed by atoms with van der Waals surface area (Å²) in [5.74, 6) is 0.701. The Labute approximate surface area is 147 Å². The van der Waals surface area contributed by atoms with E-state index in [1.807, 2.05) is 0 Å². The molecule has 0 bridgehead atoms. The van der Waals surface area contributed by atoms with Crippen molar-refractivity contribution in [2.45, 2.75) is 0 Å². The zero-order chi connectivity index (χ0) is 17.9. The Balaban J connectivity index is 1.44. The number of carbonyl (C=O) groups is 1. The first-order valence-corrected chi connectivity index (χ1v) is 7.75. The lowest BCUT2D eigenvalue weighted by atomic mass is 10.2. The molecule has 0 saturated carbocycles. The topological polar surface area (TPSA) is 85.4 Å². The van der Waals surface area contributed by atoms with Crippen molar-refractivity contribution in [3.63, 3.8) is 0 Å². The highest BCUT2D eigenvalue weighted by Crippen LogP contribution is 2.34. The SMILES string of the molecule is O=C(Nc1ccc2c(c1)OCO2)c1ccc(Nc2ccccc2F)nn1. The smallest absolute Gasteiger partial charge is 0.276 e. The van der Waals surface area contributed by atoms with Crippen LogP contribution in [0.25, 0.3) is 0 Å². The van der Waals surface area contributed by atoms with E-state index in [0.29, 0.717) is 23.0 Å². The molecule has 26 heavy (non-hydrogen) atoms. The summed E-state index contributed by atoms with van der Waals surface area (Å²) >= 11 is 0. The number of nitrogens with zero attached hydrogens (tertiary/aromatic N) is 2. The first-order chi connectivity index (χ1) is 12.7. The molecule has 1 aromatic heterocycles. The fraction of sp³-hybridized carbons (Fsp3) is 0.0556. The number of nitrogens with one attached hydrogen (secondary N) is 2. The highest BCUT2D eigenvalue weighted by Gasteiger charge is 2.15. The number of rotatable bonds is 4. The molecule has 8 heteroatoms. The molecule has 1 aliphatic rings. The Bertz CT molecular complexity index is 963. The molecule has 7 nitrogen and oxygen atoms in total. The molecule has 2 heterocycles. The van der Waals surface area contributed by atoms with Gasteiger partial charge in [0.1, 0.15) is 5.82 Å². The third-order valence-electron chi connectivity index (χ3n) is 3.66. The average Bonchev–Trinajstić information content (AvgIpc) is 3.12. The lowest BCUT2D eigenvalue weighted by molar-refractivity contribution is 0.102. The van der Waals surface area contributed by atoms with Gasteiger partial charge in [-0.05, 0) is 36.4 Å². The lowest BCUT2D eigenvalue weighted by Gasteiger charge is -2.07. The first-order valence-electron chi connectivity index (χ1n) is 7.75. The molecule has 0 fully saturated rings. The van der Waals surface area contributed by atoms with E-state index in [2.05, 4.69) is 20.8 Å². The zero-order valence-corrected chi connectivity index (χ0v) is 13.4. The largest absolute Gasteiger partial charge is 0.454 e. The van der Waals surface area contributed by atoms with Crippen LogP contribution in [0.4, 0.5) is 21.6 Å². The maximum atomic E-state index is 13.6. The van der Waals surface area contributed by atoms with Crippen molar-refractivity contribution >= 4 is 23.1 Å². The molecule has 0 aliphatic carbocycles. The summed E-state index contributed by atoms with van der Waals surface area (Å²) in [4.78, 5) is 12.3. The second-order valence-electron chi connectivity index (χ2n) is 5.43. The summed E-state index contributed by atoms with van der Waals surface area (Å²) in [6.07, 6.45) is 0. The van der Waals surface area contributed by atoms with E-state index in [0.717, 1.165) is 0 Å². The number of carbonyl (C=O) groups excluding carboxylic acids is 1. The summed E-state index contributed by atoms with van der Waals surface area (Å²) in [5.41, 5.74) is 0.954. The highest BCUT2D eigenvalue weighted by molar-refractivity contribution is 6.03. The number of hydrogen-bond acceptors (Lipinski definition) is 6. The number of benzene rings is 2. The quantitative estimate of drug-likeness (QED) is 0.749. The maximum absolute atomic E-state index is 13.6. The number of aromatic nitrogens is 2. The van der Waals surface area contributed by atoms with Gasteiger partial charge in [-0.15, -0.1) is 10.2 Å². The molecular weight excluding hydrogens is 339 g/mol. The number of fused-ring (bicyclic) bond motifs is 1. The van der Waals surface area contributed by atoms with Gasteiger partial charge < -0.3 is 20.1 Å². The fourth-order valence-electron chi connectivity index (χ4n) is 2.39. The van der Waals surface area contributed by atoms with E-state index in [9.17, 15) is 9.18 Å². The molecular formula is C18H13FN4O3. The van der Waals surface area contributed by atoms with E-state index in [1.165, 1.54) is 12.1 Å². The van der Waals surface area contributed by atoms with E-state index >= 15 is 0 Å². The molecule has 3 aromatic rings. The minimum atomic E-state index is -0.422. The van der Waals surface area contributed by atoms with E-state index in [-0.39, 0.29) is 18.2 Å².